The summed E-state index contributed by atoms with van der Waals surface area (Å²) in [4.78, 5) is 0. The van der Waals surface area contributed by atoms with Gasteiger partial charge in [0, 0.05) is 0 Å². The van der Waals surface area contributed by atoms with Gasteiger partial charge in [0.2, 0.25) is 0 Å². The normalized spacial score (nSPS) is 14.6. The predicted molar refractivity (Wildman–Crippen MR) is 63.6 cm³/mol. The van der Waals surface area contributed by atoms with Gasteiger partial charge in [0.05, 0.1) is 0 Å². The van der Waals surface area contributed by atoms with Crippen LogP contribution in [0.2, 0.25) is 0 Å². The van der Waals surface area contributed by atoms with Crippen molar-refractivity contribution in [3.63, 3.8) is 0 Å². The Hall–Kier alpha value is 0.849. The third-order valence-electron chi connectivity index (χ3n) is 2.18. The molecule has 1 aromatic rings. The molecular weight excluding hydrogens is 422 g/mol. The topological polar surface area (TPSA) is 9.23 Å². The molecule has 76 valence electrons. The number of ether oxygens (including phenoxy) is 1. The van der Waals surface area contributed by atoms with E-state index < -0.39 is 0 Å². The van der Waals surface area contributed by atoms with E-state index in [-0.39, 0.29) is 18.7 Å². The fraction of sp³-hybridized carbons (Fsp3) is 0.400. The van der Waals surface area contributed by atoms with Gasteiger partial charge in [-0.05, 0) is 0 Å². The fourth-order valence-corrected chi connectivity index (χ4v) is 28.4. The third-order valence-corrected chi connectivity index (χ3v) is 22.4. The van der Waals surface area contributed by atoms with Crippen molar-refractivity contribution >= 4 is 49.8 Å². The Kier molecular flexibility index (Phi) is 3.88. The molecular formula is C10H12OSe2Te. The van der Waals surface area contributed by atoms with Crippen molar-refractivity contribution in [1.82, 2.24) is 0 Å². The Balaban J connectivity index is 2.53. The number of hydrogen-bond donors (Lipinski definition) is 0. The summed E-state index contributed by atoms with van der Waals surface area (Å²) in [7, 11) is 2.76. The zero-order valence-corrected chi connectivity index (χ0v) is 14.1. The zero-order chi connectivity index (χ0) is 10.1. The van der Waals surface area contributed by atoms with Crippen molar-refractivity contribution in [2.24, 2.45) is 0 Å². The number of hydrogen-bond acceptors (Lipinski definition) is 1. The van der Waals surface area contributed by atoms with Crippen LogP contribution in [-0.2, 0) is 0 Å². The maximum absolute atomic E-state index is 5.44. The van der Waals surface area contributed by atoms with Crippen LogP contribution in [0, 0.1) is 0 Å². The van der Waals surface area contributed by atoms with Gasteiger partial charge in [0.25, 0.3) is 0 Å². The number of rotatable bonds is 2. The van der Waals surface area contributed by atoms with E-state index in [1.807, 2.05) is 0 Å². The van der Waals surface area contributed by atoms with Crippen molar-refractivity contribution in [2.45, 2.75) is 19.8 Å². The molecule has 2 rings (SSSR count). The first-order valence-electron chi connectivity index (χ1n) is 4.46. The monoisotopic (exact) mass is 438 g/mol. The van der Waals surface area contributed by atoms with Crippen LogP contribution in [0.4, 0.5) is 0 Å². The SMILES string of the molecule is COc1ccc(C(C)C)c2c1[Te][Se][Se]2. The van der Waals surface area contributed by atoms with Gasteiger partial charge in [-0.25, -0.2) is 0 Å². The van der Waals surface area contributed by atoms with E-state index in [0.29, 0.717) is 5.92 Å². The van der Waals surface area contributed by atoms with Gasteiger partial charge in [-0.3, -0.25) is 0 Å². The molecule has 0 fully saturated rings. The van der Waals surface area contributed by atoms with E-state index >= 15 is 0 Å². The molecule has 0 aliphatic carbocycles. The second-order valence-electron chi connectivity index (χ2n) is 3.40. The van der Waals surface area contributed by atoms with Crippen molar-refractivity contribution in [2.75, 3.05) is 7.11 Å². The maximum atomic E-state index is 5.44. The molecule has 0 radical (unpaired) electrons. The van der Waals surface area contributed by atoms with Crippen LogP contribution in [0.25, 0.3) is 0 Å². The number of benzene rings is 1. The molecule has 1 aromatic carbocycles. The standard InChI is InChI=1S/C10H12OSe2Te/c1-6(2)7-4-5-8(11-3)10-9(7)12-13-14-10/h4-6H,1-3H3. The number of fused-ring (bicyclic) bond motifs is 1. The van der Waals surface area contributed by atoms with E-state index in [2.05, 4.69) is 26.0 Å². The van der Waals surface area contributed by atoms with E-state index in [4.69, 9.17) is 4.74 Å². The van der Waals surface area contributed by atoms with Crippen LogP contribution in [-0.4, -0.2) is 48.9 Å². The van der Waals surface area contributed by atoms with Crippen LogP contribution in [0.3, 0.4) is 0 Å². The van der Waals surface area contributed by atoms with Crippen LogP contribution in [0.5, 0.6) is 5.75 Å². The van der Waals surface area contributed by atoms with E-state index in [9.17, 15) is 0 Å². The summed E-state index contributed by atoms with van der Waals surface area (Å²) in [6.45, 7) is 4.59. The van der Waals surface area contributed by atoms with Crippen LogP contribution in [0.1, 0.15) is 25.3 Å². The van der Waals surface area contributed by atoms with Crippen LogP contribution in [0.15, 0.2) is 12.1 Å². The van der Waals surface area contributed by atoms with Gasteiger partial charge in [-0.1, -0.05) is 0 Å². The quantitative estimate of drug-likeness (QED) is 0.598. The van der Waals surface area contributed by atoms with Gasteiger partial charge in [0.1, 0.15) is 0 Å². The average molecular weight is 434 g/mol. The molecule has 0 unspecified atom stereocenters. The summed E-state index contributed by atoms with van der Waals surface area (Å²) < 4.78 is 8.79. The molecule has 1 aliphatic rings. The summed E-state index contributed by atoms with van der Waals surface area (Å²) in [6.07, 6.45) is 0. The first-order valence-corrected chi connectivity index (χ1v) is 16.5. The number of methoxy groups -OCH3 is 1. The molecule has 0 saturated carbocycles. The minimum absolute atomic E-state index is 0.142. The Morgan fingerprint density at radius 1 is 1.36 bits per heavy atom. The summed E-state index contributed by atoms with van der Waals surface area (Å²) >= 11 is 0.946. The Morgan fingerprint density at radius 2 is 2.14 bits per heavy atom. The van der Waals surface area contributed by atoms with Crippen molar-refractivity contribution in [3.8, 4) is 5.75 Å². The van der Waals surface area contributed by atoms with E-state index in [1.54, 1.807) is 20.7 Å². The molecule has 0 bridgehead atoms. The minimum atomic E-state index is 0.142. The van der Waals surface area contributed by atoms with Gasteiger partial charge in [-0.2, -0.15) is 0 Å². The van der Waals surface area contributed by atoms with Gasteiger partial charge >= 0.3 is 105 Å². The van der Waals surface area contributed by atoms with Gasteiger partial charge in [-0.15, -0.1) is 0 Å². The second kappa shape index (κ2) is 4.79. The Bertz CT molecular complexity index is 352. The molecule has 1 nitrogen and oxygen atoms in total. The first-order chi connectivity index (χ1) is 6.74. The summed E-state index contributed by atoms with van der Waals surface area (Å²) in [6, 6.07) is 4.45. The zero-order valence-electron chi connectivity index (χ0n) is 8.37. The molecule has 1 heterocycles. The Labute approximate surface area is 104 Å². The van der Waals surface area contributed by atoms with Gasteiger partial charge < -0.3 is 0 Å². The second-order valence-corrected chi connectivity index (χ2v) is 22.7. The van der Waals surface area contributed by atoms with Crippen molar-refractivity contribution < 1.29 is 4.74 Å². The summed E-state index contributed by atoms with van der Waals surface area (Å²) in [5.74, 6) is 1.85. The summed E-state index contributed by atoms with van der Waals surface area (Å²) in [5, 5.41) is 0. The van der Waals surface area contributed by atoms with Gasteiger partial charge in [0.15, 0.2) is 0 Å². The molecule has 0 N–H and O–H groups in total. The molecule has 14 heavy (non-hydrogen) atoms. The molecule has 4 heteroatoms. The third kappa shape index (κ3) is 2.02. The van der Waals surface area contributed by atoms with Crippen LogP contribution >= 0.6 is 0 Å². The fourth-order valence-electron chi connectivity index (χ4n) is 1.43. The molecule has 0 spiro atoms. The van der Waals surface area contributed by atoms with Crippen molar-refractivity contribution in [3.05, 3.63) is 17.7 Å². The van der Waals surface area contributed by atoms with Crippen molar-refractivity contribution in [1.29, 1.82) is 0 Å². The molecule has 0 atom stereocenters. The first kappa shape index (κ1) is 11.3. The summed E-state index contributed by atoms with van der Waals surface area (Å²) in [5.41, 5.74) is 1.59. The molecule has 0 amide bonds. The van der Waals surface area contributed by atoms with E-state index in [0.717, 1.165) is 23.1 Å². The Morgan fingerprint density at radius 3 is 2.79 bits per heavy atom. The molecule has 0 aromatic heterocycles. The average Bonchev–Trinajstić information content (AvgIpc) is 2.64. The van der Waals surface area contributed by atoms with Crippen LogP contribution < -0.4 is 12.8 Å². The predicted octanol–water partition coefficient (Wildman–Crippen LogP) is 0.0254. The molecule has 1 aliphatic heterocycles. The molecule has 0 saturated heterocycles. The van der Waals surface area contributed by atoms with E-state index in [1.165, 1.54) is 5.75 Å².